The van der Waals surface area contributed by atoms with Crippen LogP contribution < -0.4 is 4.74 Å². The minimum absolute atomic E-state index is 0.353. The average Bonchev–Trinajstić information content (AvgIpc) is 3.09. The van der Waals surface area contributed by atoms with Gasteiger partial charge in [0.2, 0.25) is 0 Å². The predicted molar refractivity (Wildman–Crippen MR) is 72.2 cm³/mol. The summed E-state index contributed by atoms with van der Waals surface area (Å²) in [5.41, 5.74) is 1.51. The molecule has 1 nitrogen and oxygen atoms in total. The first-order valence-electron chi connectivity index (χ1n) is 5.75. The van der Waals surface area contributed by atoms with Gasteiger partial charge in [0, 0.05) is 11.0 Å². The Kier molecular flexibility index (Phi) is 3.59. The van der Waals surface area contributed by atoms with Crippen molar-refractivity contribution in [3.63, 3.8) is 0 Å². The van der Waals surface area contributed by atoms with Gasteiger partial charge in [-0.1, -0.05) is 30.4 Å². The summed E-state index contributed by atoms with van der Waals surface area (Å²) in [6.45, 7) is 2.82. The molecule has 2 heteroatoms. The molecule has 0 aliphatic heterocycles. The lowest BCUT2D eigenvalue weighted by Crippen LogP contribution is -2.14. The number of hydrogen-bond acceptors (Lipinski definition) is 2. The first-order chi connectivity index (χ1) is 7.79. The Morgan fingerprint density at radius 3 is 2.75 bits per heavy atom. The van der Waals surface area contributed by atoms with E-state index in [1.54, 1.807) is 0 Å². The molecule has 0 bridgehead atoms. The fourth-order valence-corrected chi connectivity index (χ4v) is 2.09. The zero-order chi connectivity index (χ0) is 11.4. The van der Waals surface area contributed by atoms with Crippen LogP contribution in [-0.4, -0.2) is 12.4 Å². The summed E-state index contributed by atoms with van der Waals surface area (Å²) in [6.07, 6.45) is 6.62. The third kappa shape index (κ3) is 2.62. The molecule has 1 aromatic carbocycles. The number of thiol groups is 1. The molecule has 0 amide bonds. The van der Waals surface area contributed by atoms with E-state index in [-0.39, 0.29) is 0 Å². The first kappa shape index (κ1) is 11.6. The van der Waals surface area contributed by atoms with Gasteiger partial charge in [-0.2, -0.15) is 12.6 Å². The summed E-state index contributed by atoms with van der Waals surface area (Å²) in [4.78, 5) is 0. The number of para-hydroxylation sites is 1. The molecule has 0 unspecified atom stereocenters. The van der Waals surface area contributed by atoms with Crippen molar-refractivity contribution < 1.29 is 4.74 Å². The summed E-state index contributed by atoms with van der Waals surface area (Å²) >= 11 is 4.38. The monoisotopic (exact) mass is 234 g/mol. The van der Waals surface area contributed by atoms with Crippen LogP contribution in [0.5, 0.6) is 5.75 Å². The molecule has 16 heavy (non-hydrogen) atoms. The highest BCUT2D eigenvalue weighted by atomic mass is 32.1. The van der Waals surface area contributed by atoms with Gasteiger partial charge in [0.15, 0.2) is 0 Å². The molecular formula is C14H18OS. The largest absolute Gasteiger partial charge is 0.492 e. The molecule has 0 heterocycles. The fraction of sp³-hybridized carbons (Fsp3) is 0.429. The third-order valence-corrected chi connectivity index (χ3v) is 3.76. The van der Waals surface area contributed by atoms with Crippen LogP contribution in [-0.2, 0) is 0 Å². The number of benzene rings is 1. The van der Waals surface area contributed by atoms with Crippen LogP contribution in [0.4, 0.5) is 0 Å². The number of allylic oxidation sites excluding steroid dienone is 1. The Balaban J connectivity index is 2.03. The van der Waals surface area contributed by atoms with E-state index in [4.69, 9.17) is 4.74 Å². The number of ether oxygens (including phenoxy) is 1. The molecule has 0 saturated heterocycles. The molecule has 0 aromatic heterocycles. The van der Waals surface area contributed by atoms with E-state index in [0.717, 1.165) is 23.7 Å². The van der Waals surface area contributed by atoms with Crippen molar-refractivity contribution in [3.05, 3.63) is 35.9 Å². The van der Waals surface area contributed by atoms with Crippen LogP contribution in [0.1, 0.15) is 25.3 Å². The Hall–Kier alpha value is -0.890. The minimum Gasteiger partial charge on any atom is -0.492 e. The molecule has 1 saturated carbocycles. The van der Waals surface area contributed by atoms with E-state index in [1.807, 2.05) is 31.2 Å². The molecule has 1 aromatic rings. The van der Waals surface area contributed by atoms with E-state index in [9.17, 15) is 0 Å². The van der Waals surface area contributed by atoms with Gasteiger partial charge in [-0.25, -0.2) is 0 Å². The van der Waals surface area contributed by atoms with Crippen LogP contribution in [0.3, 0.4) is 0 Å². The molecule has 86 valence electrons. The van der Waals surface area contributed by atoms with Crippen LogP contribution in [0.25, 0.3) is 6.08 Å². The van der Waals surface area contributed by atoms with Gasteiger partial charge in [0.25, 0.3) is 0 Å². The first-order valence-corrected chi connectivity index (χ1v) is 6.38. The minimum atomic E-state index is 0.353. The second-order valence-corrected chi connectivity index (χ2v) is 4.80. The molecule has 1 fully saturated rings. The smallest absolute Gasteiger partial charge is 0.126 e. The van der Waals surface area contributed by atoms with Gasteiger partial charge in [-0.05, 0) is 31.6 Å². The number of hydrogen-bond donors (Lipinski definition) is 1. The summed E-state index contributed by atoms with van der Waals surface area (Å²) in [5, 5.41) is 0. The Morgan fingerprint density at radius 2 is 2.12 bits per heavy atom. The van der Waals surface area contributed by atoms with E-state index < -0.39 is 0 Å². The highest BCUT2D eigenvalue weighted by molar-refractivity contribution is 7.80. The number of rotatable bonds is 5. The van der Waals surface area contributed by atoms with Crippen molar-refractivity contribution in [3.8, 4) is 5.75 Å². The summed E-state index contributed by atoms with van der Waals surface area (Å²) in [7, 11) is 0. The normalized spacial score (nSPS) is 17.6. The highest BCUT2D eigenvalue weighted by Crippen LogP contribution is 2.46. The lowest BCUT2D eigenvalue weighted by Gasteiger charge is -2.15. The van der Waals surface area contributed by atoms with E-state index in [2.05, 4.69) is 24.8 Å². The van der Waals surface area contributed by atoms with Crippen molar-refractivity contribution >= 4 is 18.7 Å². The predicted octanol–water partition coefficient (Wildman–Crippen LogP) is 3.81. The molecule has 0 radical (unpaired) electrons. The van der Waals surface area contributed by atoms with Gasteiger partial charge >= 0.3 is 0 Å². The molecule has 0 spiro atoms. The van der Waals surface area contributed by atoms with E-state index in [0.29, 0.717) is 5.41 Å². The Bertz CT molecular complexity index is 380. The van der Waals surface area contributed by atoms with E-state index >= 15 is 0 Å². The summed E-state index contributed by atoms with van der Waals surface area (Å²) in [5.74, 6) is 1.91. The van der Waals surface area contributed by atoms with Crippen LogP contribution in [0.2, 0.25) is 0 Å². The standard InChI is InChI=1S/C14H18OS/c1-2-5-12-6-3-4-7-13(12)15-10-14(11-16)8-9-14/h2-7,16H,8-11H2,1H3. The topological polar surface area (TPSA) is 9.23 Å². The van der Waals surface area contributed by atoms with Crippen molar-refractivity contribution in [2.24, 2.45) is 5.41 Å². The zero-order valence-electron chi connectivity index (χ0n) is 9.65. The van der Waals surface area contributed by atoms with Crippen LogP contribution >= 0.6 is 12.6 Å². The maximum atomic E-state index is 5.91. The maximum Gasteiger partial charge on any atom is 0.126 e. The lowest BCUT2D eigenvalue weighted by atomic mass is 10.1. The van der Waals surface area contributed by atoms with Gasteiger partial charge in [-0.15, -0.1) is 0 Å². The van der Waals surface area contributed by atoms with Crippen LogP contribution in [0, 0.1) is 5.41 Å². The summed E-state index contributed by atoms with van der Waals surface area (Å²) < 4.78 is 5.91. The van der Waals surface area contributed by atoms with Crippen LogP contribution in [0.15, 0.2) is 30.3 Å². The van der Waals surface area contributed by atoms with Crippen molar-refractivity contribution in [2.45, 2.75) is 19.8 Å². The third-order valence-electron chi connectivity index (χ3n) is 3.09. The molecule has 2 rings (SSSR count). The maximum absolute atomic E-state index is 5.91. The van der Waals surface area contributed by atoms with Gasteiger partial charge in [0.05, 0.1) is 6.61 Å². The molecule has 0 atom stereocenters. The van der Waals surface area contributed by atoms with Crippen molar-refractivity contribution in [2.75, 3.05) is 12.4 Å². The zero-order valence-corrected chi connectivity index (χ0v) is 10.5. The molecular weight excluding hydrogens is 216 g/mol. The Labute approximate surface area is 103 Å². The highest BCUT2D eigenvalue weighted by Gasteiger charge is 2.42. The fourth-order valence-electron chi connectivity index (χ4n) is 1.68. The SMILES string of the molecule is CC=Cc1ccccc1OCC1(CS)CC1. The second-order valence-electron chi connectivity index (χ2n) is 4.48. The Morgan fingerprint density at radius 1 is 1.38 bits per heavy atom. The van der Waals surface area contributed by atoms with Crippen molar-refractivity contribution in [1.82, 2.24) is 0 Å². The van der Waals surface area contributed by atoms with Gasteiger partial charge in [0.1, 0.15) is 5.75 Å². The van der Waals surface area contributed by atoms with Crippen molar-refractivity contribution in [1.29, 1.82) is 0 Å². The summed E-state index contributed by atoms with van der Waals surface area (Å²) in [6, 6.07) is 8.16. The molecule has 1 aliphatic rings. The second kappa shape index (κ2) is 4.96. The quantitative estimate of drug-likeness (QED) is 0.762. The van der Waals surface area contributed by atoms with Gasteiger partial charge in [-0.3, -0.25) is 0 Å². The molecule has 1 aliphatic carbocycles. The van der Waals surface area contributed by atoms with Gasteiger partial charge < -0.3 is 4.74 Å². The lowest BCUT2D eigenvalue weighted by molar-refractivity contribution is 0.250. The average molecular weight is 234 g/mol. The molecule has 0 N–H and O–H groups in total. The van der Waals surface area contributed by atoms with E-state index in [1.165, 1.54) is 12.8 Å².